The van der Waals surface area contributed by atoms with E-state index in [2.05, 4.69) is 24.0 Å². The van der Waals surface area contributed by atoms with Gasteiger partial charge in [0.05, 0.1) is 27.5 Å². The third kappa shape index (κ3) is 3.29. The first-order valence-electron chi connectivity index (χ1n) is 7.73. The Morgan fingerprint density at radius 1 is 1.00 bits per heavy atom. The topological polar surface area (TPSA) is 43.3 Å². The Hall–Kier alpha value is -1.91. The Morgan fingerprint density at radius 3 is 2.18 bits per heavy atom. The molecule has 22 heavy (non-hydrogen) atoms. The summed E-state index contributed by atoms with van der Waals surface area (Å²) in [6, 6.07) is 4.73. The van der Waals surface area contributed by atoms with Crippen molar-refractivity contribution in [1.29, 1.82) is 0 Å². The molecule has 2 atom stereocenters. The van der Waals surface area contributed by atoms with Crippen LogP contribution in [-0.2, 0) is 0 Å². The molecule has 1 fully saturated rings. The zero-order valence-corrected chi connectivity index (χ0v) is 14.1. The van der Waals surface area contributed by atoms with Gasteiger partial charge in [-0.15, -0.1) is 0 Å². The molecule has 0 bridgehead atoms. The summed E-state index contributed by atoms with van der Waals surface area (Å²) in [5.74, 6) is 1.88. The number of methoxy groups -OCH3 is 3. The molecule has 1 aliphatic rings. The normalized spacial score (nSPS) is 22.0. The smallest absolute Gasteiger partial charge is 0.203 e. The predicted molar refractivity (Wildman–Crippen MR) is 88.3 cm³/mol. The van der Waals surface area contributed by atoms with Crippen molar-refractivity contribution in [3.63, 3.8) is 0 Å². The summed E-state index contributed by atoms with van der Waals surface area (Å²) in [6.07, 6.45) is 5.49. The highest BCUT2D eigenvalue weighted by Crippen LogP contribution is 2.39. The van der Waals surface area contributed by atoms with Crippen molar-refractivity contribution in [1.82, 2.24) is 5.01 Å². The average Bonchev–Trinajstić information content (AvgIpc) is 2.53. The summed E-state index contributed by atoms with van der Waals surface area (Å²) in [4.78, 5) is 0. The van der Waals surface area contributed by atoms with Crippen molar-refractivity contribution in [2.24, 2.45) is 5.10 Å². The average molecular weight is 306 g/mol. The standard InChI is InChI=1S/C17H26N2O3/c1-12-7-6-8-13(2)19(12)18-11-14-9-10-15(20-3)17(22-5)16(14)21-4/h9-13H,6-8H2,1-5H3. The summed E-state index contributed by atoms with van der Waals surface area (Å²) in [7, 11) is 4.85. The van der Waals surface area contributed by atoms with E-state index >= 15 is 0 Å². The molecule has 1 heterocycles. The Bertz CT molecular complexity index is 521. The molecule has 1 aromatic rings. The van der Waals surface area contributed by atoms with E-state index in [1.165, 1.54) is 19.3 Å². The van der Waals surface area contributed by atoms with Gasteiger partial charge in [-0.3, -0.25) is 5.01 Å². The van der Waals surface area contributed by atoms with Gasteiger partial charge in [-0.2, -0.15) is 5.10 Å². The highest BCUT2D eigenvalue weighted by molar-refractivity contribution is 5.86. The van der Waals surface area contributed by atoms with E-state index < -0.39 is 0 Å². The fourth-order valence-electron chi connectivity index (χ4n) is 2.99. The van der Waals surface area contributed by atoms with Crippen LogP contribution in [0.4, 0.5) is 0 Å². The van der Waals surface area contributed by atoms with E-state index in [4.69, 9.17) is 14.2 Å². The van der Waals surface area contributed by atoms with E-state index in [1.807, 2.05) is 18.3 Å². The lowest BCUT2D eigenvalue weighted by Crippen LogP contribution is -2.39. The molecular weight excluding hydrogens is 280 g/mol. The molecule has 1 aliphatic heterocycles. The molecule has 0 N–H and O–H groups in total. The molecule has 0 saturated carbocycles. The Balaban J connectivity index is 2.30. The second kappa shape index (κ2) is 7.38. The lowest BCUT2D eigenvalue weighted by Gasteiger charge is -2.36. The molecule has 0 amide bonds. The minimum absolute atomic E-state index is 0.464. The van der Waals surface area contributed by atoms with Gasteiger partial charge in [0, 0.05) is 17.6 Å². The van der Waals surface area contributed by atoms with E-state index in [1.54, 1.807) is 21.3 Å². The number of benzene rings is 1. The monoisotopic (exact) mass is 306 g/mol. The van der Waals surface area contributed by atoms with Gasteiger partial charge in [0.15, 0.2) is 11.5 Å². The van der Waals surface area contributed by atoms with Crippen molar-refractivity contribution in [3.05, 3.63) is 17.7 Å². The highest BCUT2D eigenvalue weighted by Gasteiger charge is 2.23. The van der Waals surface area contributed by atoms with Crippen LogP contribution in [0, 0.1) is 0 Å². The summed E-state index contributed by atoms with van der Waals surface area (Å²) in [5.41, 5.74) is 0.880. The first-order valence-corrected chi connectivity index (χ1v) is 7.73. The third-order valence-electron chi connectivity index (χ3n) is 4.21. The molecule has 2 unspecified atom stereocenters. The van der Waals surface area contributed by atoms with Gasteiger partial charge in [-0.1, -0.05) is 0 Å². The molecular formula is C17H26N2O3. The van der Waals surface area contributed by atoms with Gasteiger partial charge in [0.2, 0.25) is 5.75 Å². The van der Waals surface area contributed by atoms with E-state index in [0.29, 0.717) is 29.3 Å². The van der Waals surface area contributed by atoms with Gasteiger partial charge >= 0.3 is 0 Å². The van der Waals surface area contributed by atoms with E-state index in [-0.39, 0.29) is 0 Å². The summed E-state index contributed by atoms with van der Waals surface area (Å²) >= 11 is 0. The molecule has 0 aliphatic carbocycles. The van der Waals surface area contributed by atoms with Crippen LogP contribution in [0.25, 0.3) is 0 Å². The molecule has 0 aromatic heterocycles. The van der Waals surface area contributed by atoms with Crippen LogP contribution in [0.3, 0.4) is 0 Å². The van der Waals surface area contributed by atoms with Crippen LogP contribution in [0.5, 0.6) is 17.2 Å². The zero-order chi connectivity index (χ0) is 16.1. The Labute approximate surface area is 132 Å². The van der Waals surface area contributed by atoms with Gasteiger partial charge in [0.25, 0.3) is 0 Å². The second-order valence-corrected chi connectivity index (χ2v) is 5.68. The van der Waals surface area contributed by atoms with Crippen molar-refractivity contribution < 1.29 is 14.2 Å². The van der Waals surface area contributed by atoms with E-state index in [9.17, 15) is 0 Å². The fraction of sp³-hybridized carbons (Fsp3) is 0.588. The molecule has 2 rings (SSSR count). The molecule has 5 nitrogen and oxygen atoms in total. The van der Waals surface area contributed by atoms with Gasteiger partial charge in [-0.25, -0.2) is 0 Å². The maximum atomic E-state index is 5.49. The highest BCUT2D eigenvalue weighted by atomic mass is 16.5. The molecule has 1 aromatic carbocycles. The SMILES string of the molecule is COc1ccc(C=NN2C(C)CCCC2C)c(OC)c1OC. The van der Waals surface area contributed by atoms with Crippen molar-refractivity contribution in [2.45, 2.75) is 45.2 Å². The van der Waals surface area contributed by atoms with Crippen molar-refractivity contribution in [3.8, 4) is 17.2 Å². The number of piperidine rings is 1. The summed E-state index contributed by atoms with van der Waals surface area (Å²) in [5, 5.41) is 6.87. The number of hydrazone groups is 1. The lowest BCUT2D eigenvalue weighted by molar-refractivity contribution is 0.109. The van der Waals surface area contributed by atoms with Crippen molar-refractivity contribution >= 4 is 6.21 Å². The number of hydrogen-bond acceptors (Lipinski definition) is 5. The van der Waals surface area contributed by atoms with Gasteiger partial charge < -0.3 is 14.2 Å². The Morgan fingerprint density at radius 2 is 1.64 bits per heavy atom. The largest absolute Gasteiger partial charge is 0.493 e. The number of hydrogen-bond donors (Lipinski definition) is 0. The van der Waals surface area contributed by atoms with Crippen LogP contribution in [0.15, 0.2) is 17.2 Å². The minimum Gasteiger partial charge on any atom is -0.493 e. The van der Waals surface area contributed by atoms with Crippen LogP contribution < -0.4 is 14.2 Å². The van der Waals surface area contributed by atoms with Gasteiger partial charge in [0.1, 0.15) is 0 Å². The fourth-order valence-corrected chi connectivity index (χ4v) is 2.99. The van der Waals surface area contributed by atoms with Crippen LogP contribution >= 0.6 is 0 Å². The molecule has 0 spiro atoms. The number of nitrogens with zero attached hydrogens (tertiary/aromatic N) is 2. The second-order valence-electron chi connectivity index (χ2n) is 5.68. The van der Waals surface area contributed by atoms with Crippen LogP contribution in [-0.4, -0.2) is 44.6 Å². The number of rotatable bonds is 5. The molecule has 122 valence electrons. The molecule has 5 heteroatoms. The quantitative estimate of drug-likeness (QED) is 0.783. The van der Waals surface area contributed by atoms with Crippen LogP contribution in [0.2, 0.25) is 0 Å². The lowest BCUT2D eigenvalue weighted by atomic mass is 10.00. The predicted octanol–water partition coefficient (Wildman–Crippen LogP) is 3.31. The van der Waals surface area contributed by atoms with Gasteiger partial charge in [-0.05, 0) is 45.2 Å². The zero-order valence-electron chi connectivity index (χ0n) is 14.1. The van der Waals surface area contributed by atoms with Crippen molar-refractivity contribution in [2.75, 3.05) is 21.3 Å². The third-order valence-corrected chi connectivity index (χ3v) is 4.21. The first-order chi connectivity index (χ1) is 10.6. The minimum atomic E-state index is 0.464. The Kier molecular flexibility index (Phi) is 5.52. The molecule has 1 saturated heterocycles. The number of ether oxygens (including phenoxy) is 3. The summed E-state index contributed by atoms with van der Waals surface area (Å²) in [6.45, 7) is 4.44. The summed E-state index contributed by atoms with van der Waals surface area (Å²) < 4.78 is 16.2. The maximum absolute atomic E-state index is 5.49. The van der Waals surface area contributed by atoms with E-state index in [0.717, 1.165) is 5.56 Å². The maximum Gasteiger partial charge on any atom is 0.203 e. The molecule has 0 radical (unpaired) electrons. The van der Waals surface area contributed by atoms with Crippen LogP contribution in [0.1, 0.15) is 38.7 Å². The first kappa shape index (κ1) is 16.5.